The number of rotatable bonds is 5. The molecule has 9 rings (SSSR count). The van der Waals surface area contributed by atoms with E-state index in [9.17, 15) is 0 Å². The molecule has 53 heavy (non-hydrogen) atoms. The molecule has 0 saturated heterocycles. The molecule has 5 nitrogen and oxygen atoms in total. The van der Waals surface area contributed by atoms with Gasteiger partial charge in [0.25, 0.3) is 0 Å². The molecule has 5 heterocycles. The van der Waals surface area contributed by atoms with E-state index in [1.165, 1.54) is 21.5 Å². The second-order valence-corrected chi connectivity index (χ2v) is 19.5. The summed E-state index contributed by atoms with van der Waals surface area (Å²) in [6.07, 6.45) is 4.02. The summed E-state index contributed by atoms with van der Waals surface area (Å²) in [5, 5.41) is 6.92. The number of nitrogens with zero attached hydrogens (tertiary/aromatic N) is 5. The molecule has 0 amide bonds. The van der Waals surface area contributed by atoms with Gasteiger partial charge >= 0.3 is 0 Å². The molecular formula is C46H43N5S2. The minimum absolute atomic E-state index is 0.00735. The van der Waals surface area contributed by atoms with Crippen LogP contribution in [-0.2, 0) is 0 Å². The highest BCUT2D eigenvalue weighted by atomic mass is 32.2. The number of pyridine rings is 2. The van der Waals surface area contributed by atoms with Crippen LogP contribution in [0.25, 0.3) is 60.5 Å². The van der Waals surface area contributed by atoms with Crippen molar-refractivity contribution < 1.29 is 0 Å². The summed E-state index contributed by atoms with van der Waals surface area (Å²) in [5.41, 5.74) is 9.45. The molecule has 0 N–H and O–H groups in total. The van der Waals surface area contributed by atoms with Gasteiger partial charge in [-0.05, 0) is 114 Å². The molecule has 0 fully saturated rings. The molecule has 2 aliphatic heterocycles. The third-order valence-corrected chi connectivity index (χ3v) is 14.8. The van der Waals surface area contributed by atoms with Gasteiger partial charge in [-0.1, -0.05) is 90.3 Å². The first-order valence-electron chi connectivity index (χ1n) is 18.3. The van der Waals surface area contributed by atoms with Gasteiger partial charge in [0.2, 0.25) is 0 Å². The predicted octanol–water partition coefficient (Wildman–Crippen LogP) is 12.2. The summed E-state index contributed by atoms with van der Waals surface area (Å²) in [7, 11) is 0. The molecule has 0 spiro atoms. The summed E-state index contributed by atoms with van der Waals surface area (Å²) >= 11 is 3.63. The van der Waals surface area contributed by atoms with E-state index in [4.69, 9.17) is 20.0 Å². The Morgan fingerprint density at radius 3 is 1.58 bits per heavy atom. The van der Waals surface area contributed by atoms with Crippen molar-refractivity contribution in [1.82, 2.24) is 14.5 Å². The number of aromatic nitrogens is 3. The number of hydrogen-bond donors (Lipinski definition) is 0. The van der Waals surface area contributed by atoms with Gasteiger partial charge in [-0.25, -0.2) is 0 Å². The van der Waals surface area contributed by atoms with Crippen LogP contribution < -0.4 is 0 Å². The van der Waals surface area contributed by atoms with E-state index in [1.807, 2.05) is 35.9 Å². The second kappa shape index (κ2) is 11.9. The van der Waals surface area contributed by atoms with Crippen molar-refractivity contribution in [3.63, 3.8) is 0 Å². The van der Waals surface area contributed by atoms with Crippen molar-refractivity contribution in [3.05, 3.63) is 127 Å². The van der Waals surface area contributed by atoms with E-state index < -0.39 is 0 Å². The monoisotopic (exact) mass is 729 g/mol. The molecule has 0 unspecified atom stereocenters. The summed E-state index contributed by atoms with van der Waals surface area (Å²) < 4.78 is 2.44. The zero-order valence-corrected chi connectivity index (χ0v) is 33.2. The van der Waals surface area contributed by atoms with Crippen molar-refractivity contribution in [1.29, 1.82) is 0 Å². The number of benzene rings is 4. The van der Waals surface area contributed by atoms with Crippen LogP contribution in [0.15, 0.2) is 126 Å². The zero-order valence-electron chi connectivity index (χ0n) is 31.5. The summed E-state index contributed by atoms with van der Waals surface area (Å²) in [4.78, 5) is 20.0. The van der Waals surface area contributed by atoms with E-state index >= 15 is 0 Å². The molecule has 2 aliphatic rings. The van der Waals surface area contributed by atoms with Crippen LogP contribution >= 0.6 is 23.5 Å². The maximum Gasteiger partial charge on any atom is 0.117 e. The molecule has 0 atom stereocenters. The Kier molecular flexibility index (Phi) is 7.65. The van der Waals surface area contributed by atoms with Crippen molar-refractivity contribution >= 4 is 66.2 Å². The summed E-state index contributed by atoms with van der Waals surface area (Å²) in [6.45, 7) is 17.9. The molecule has 4 aromatic carbocycles. The Morgan fingerprint density at radius 1 is 0.491 bits per heavy atom. The van der Waals surface area contributed by atoms with Crippen molar-refractivity contribution in [2.75, 3.05) is 0 Å². The first-order chi connectivity index (χ1) is 25.2. The van der Waals surface area contributed by atoms with E-state index in [-0.39, 0.29) is 20.6 Å². The SMILES string of the molecule is CC1(C)N=C(c2ccc(-c3ccc4c5c6ccccc6c(-c6ccc(C7=NC(C)(C)C(C)(C)S7)nc6)cc5n(-c5ccccc5)c4c3)cn2)SC1(C)C. The first kappa shape index (κ1) is 34.1. The molecule has 0 aliphatic carbocycles. The summed E-state index contributed by atoms with van der Waals surface area (Å²) in [5.74, 6) is 0. The van der Waals surface area contributed by atoms with Crippen LogP contribution in [0.5, 0.6) is 0 Å². The fourth-order valence-corrected chi connectivity index (χ4v) is 9.85. The third-order valence-electron chi connectivity index (χ3n) is 11.8. The molecule has 0 saturated carbocycles. The lowest BCUT2D eigenvalue weighted by molar-refractivity contribution is 0.426. The van der Waals surface area contributed by atoms with Crippen LogP contribution in [0.3, 0.4) is 0 Å². The predicted molar refractivity (Wildman–Crippen MR) is 229 cm³/mol. The van der Waals surface area contributed by atoms with Crippen molar-refractivity contribution in [2.24, 2.45) is 9.98 Å². The van der Waals surface area contributed by atoms with E-state index in [1.54, 1.807) is 0 Å². The van der Waals surface area contributed by atoms with Gasteiger partial charge in [0.1, 0.15) is 10.1 Å². The molecule has 7 aromatic rings. The zero-order chi connectivity index (χ0) is 36.9. The quantitative estimate of drug-likeness (QED) is 0.177. The van der Waals surface area contributed by atoms with Gasteiger partial charge in [-0.2, -0.15) is 0 Å². The average Bonchev–Trinajstić information content (AvgIpc) is 3.68. The van der Waals surface area contributed by atoms with Crippen LogP contribution in [-0.4, -0.2) is 45.2 Å². The number of para-hydroxylation sites is 1. The molecule has 7 heteroatoms. The van der Waals surface area contributed by atoms with Crippen molar-refractivity contribution in [2.45, 2.75) is 76.0 Å². The highest BCUT2D eigenvalue weighted by Crippen LogP contribution is 2.48. The summed E-state index contributed by atoms with van der Waals surface area (Å²) in [6, 6.07) is 37.3. The van der Waals surface area contributed by atoms with Crippen molar-refractivity contribution in [3.8, 4) is 27.9 Å². The topological polar surface area (TPSA) is 55.4 Å². The molecule has 0 bridgehead atoms. The van der Waals surface area contributed by atoms with Gasteiger partial charge in [-0.3, -0.25) is 20.0 Å². The molecule has 3 aromatic heterocycles. The van der Waals surface area contributed by atoms with E-state index in [0.717, 1.165) is 60.4 Å². The molecule has 0 radical (unpaired) electrons. The van der Waals surface area contributed by atoms with Crippen LogP contribution in [0, 0.1) is 0 Å². The lowest BCUT2D eigenvalue weighted by Gasteiger charge is -2.30. The number of fused-ring (bicyclic) bond motifs is 5. The van der Waals surface area contributed by atoms with Gasteiger partial charge in [0.15, 0.2) is 0 Å². The van der Waals surface area contributed by atoms with Gasteiger partial charge in [-0.15, -0.1) is 0 Å². The Morgan fingerprint density at radius 2 is 1.04 bits per heavy atom. The Bertz CT molecular complexity index is 2650. The average molecular weight is 730 g/mol. The minimum atomic E-state index is -0.155. The maximum absolute atomic E-state index is 5.07. The number of hydrogen-bond acceptors (Lipinski definition) is 6. The van der Waals surface area contributed by atoms with Crippen LogP contribution in [0.1, 0.15) is 66.8 Å². The molecule has 264 valence electrons. The van der Waals surface area contributed by atoms with Crippen LogP contribution in [0.4, 0.5) is 0 Å². The smallest absolute Gasteiger partial charge is 0.117 e. The second-order valence-electron chi connectivity index (χ2n) is 16.3. The van der Waals surface area contributed by atoms with Gasteiger partial charge in [0.05, 0.1) is 33.5 Å². The van der Waals surface area contributed by atoms with E-state index in [2.05, 4.69) is 163 Å². The normalized spacial score (nSPS) is 18.5. The van der Waals surface area contributed by atoms with Gasteiger partial charge in [0, 0.05) is 49.5 Å². The molecular weight excluding hydrogens is 687 g/mol. The number of thioether (sulfide) groups is 2. The van der Waals surface area contributed by atoms with Crippen LogP contribution in [0.2, 0.25) is 0 Å². The minimum Gasteiger partial charge on any atom is -0.309 e. The lowest BCUT2D eigenvalue weighted by atomic mass is 9.91. The first-order valence-corrected chi connectivity index (χ1v) is 19.9. The maximum atomic E-state index is 5.07. The van der Waals surface area contributed by atoms with E-state index in [0.29, 0.717) is 0 Å². The Balaban J connectivity index is 1.19. The lowest BCUT2D eigenvalue weighted by Crippen LogP contribution is -2.36. The third kappa shape index (κ3) is 5.46. The fourth-order valence-electron chi connectivity index (χ4n) is 7.30. The Hall–Kier alpha value is -4.72. The number of aliphatic imine (C=N–C) groups is 2. The standard InChI is InChI=1S/C46H43N5S2/c1-43(2)45(5,6)52-41(49-43)36-22-19-29(26-47-36)28-18-21-34-38(24-28)51(31-14-10-9-11-15-31)39-25-35(32-16-12-13-17-33(32)40(34)39)30-20-23-37(48-27-30)42-50-44(3,4)46(7,8)53-42/h9-27H,1-8H3. The largest absolute Gasteiger partial charge is 0.309 e. The highest BCUT2D eigenvalue weighted by molar-refractivity contribution is 8.16. The fraction of sp³-hybridized carbons (Fsp3) is 0.261. The highest BCUT2D eigenvalue weighted by Gasteiger charge is 2.45. The Labute approximate surface area is 320 Å². The van der Waals surface area contributed by atoms with Gasteiger partial charge < -0.3 is 4.57 Å².